The first kappa shape index (κ1) is 14.7. The van der Waals surface area contributed by atoms with Crippen LogP contribution >= 0.6 is 0 Å². The van der Waals surface area contributed by atoms with Gasteiger partial charge in [-0.05, 0) is 37.7 Å². The van der Waals surface area contributed by atoms with Crippen LogP contribution in [0.5, 0.6) is 0 Å². The number of aromatic nitrogens is 1. The van der Waals surface area contributed by atoms with E-state index < -0.39 is 0 Å². The Morgan fingerprint density at radius 3 is 2.00 bits per heavy atom. The standard InChI is InChI=1S/C8H13NO.C8H12/c1-5(2)8-6(3)9-10-7(8)4;1-7(2)8-5-3-4-6-8/h5H,1-4H3;3,5-7H,4H2,1-2H3. The van der Waals surface area contributed by atoms with Crippen molar-refractivity contribution in [1.29, 1.82) is 0 Å². The van der Waals surface area contributed by atoms with Crippen molar-refractivity contribution in [3.63, 3.8) is 0 Å². The van der Waals surface area contributed by atoms with Crippen LogP contribution in [0.1, 0.15) is 57.1 Å². The lowest BCUT2D eigenvalue weighted by Gasteiger charge is -2.00. The lowest BCUT2D eigenvalue weighted by Crippen LogP contribution is -1.89. The van der Waals surface area contributed by atoms with E-state index in [1.807, 2.05) is 13.8 Å². The molecule has 0 N–H and O–H groups in total. The summed E-state index contributed by atoms with van der Waals surface area (Å²) in [4.78, 5) is 0. The van der Waals surface area contributed by atoms with E-state index in [1.165, 1.54) is 11.1 Å². The molecule has 0 saturated carbocycles. The molecular formula is C16H25NO. The molecule has 0 atom stereocenters. The quantitative estimate of drug-likeness (QED) is 0.739. The molecule has 2 rings (SSSR count). The molecule has 2 nitrogen and oxygen atoms in total. The van der Waals surface area contributed by atoms with Crippen LogP contribution in [-0.4, -0.2) is 5.16 Å². The van der Waals surface area contributed by atoms with Gasteiger partial charge in [-0.1, -0.05) is 51.1 Å². The summed E-state index contributed by atoms with van der Waals surface area (Å²) in [6.07, 6.45) is 7.85. The molecule has 1 heterocycles. The zero-order chi connectivity index (χ0) is 13.7. The van der Waals surface area contributed by atoms with Gasteiger partial charge in [0.2, 0.25) is 0 Å². The summed E-state index contributed by atoms with van der Waals surface area (Å²) >= 11 is 0. The highest BCUT2D eigenvalue weighted by Crippen LogP contribution is 2.21. The molecule has 18 heavy (non-hydrogen) atoms. The summed E-state index contributed by atoms with van der Waals surface area (Å²) in [5, 5.41) is 3.86. The third-order valence-electron chi connectivity index (χ3n) is 3.13. The Morgan fingerprint density at radius 2 is 1.78 bits per heavy atom. The van der Waals surface area contributed by atoms with E-state index >= 15 is 0 Å². The second kappa shape index (κ2) is 6.58. The number of hydrogen-bond donors (Lipinski definition) is 0. The van der Waals surface area contributed by atoms with Gasteiger partial charge in [-0.3, -0.25) is 0 Å². The van der Waals surface area contributed by atoms with E-state index in [2.05, 4.69) is 51.1 Å². The van der Waals surface area contributed by atoms with Gasteiger partial charge in [0.1, 0.15) is 5.76 Å². The molecule has 0 aliphatic heterocycles. The van der Waals surface area contributed by atoms with Crippen LogP contribution in [0.15, 0.2) is 28.3 Å². The van der Waals surface area contributed by atoms with Crippen LogP contribution in [0, 0.1) is 19.8 Å². The van der Waals surface area contributed by atoms with E-state index in [-0.39, 0.29) is 0 Å². The van der Waals surface area contributed by atoms with Crippen molar-refractivity contribution >= 4 is 0 Å². The van der Waals surface area contributed by atoms with Crippen molar-refractivity contribution in [3.8, 4) is 0 Å². The lowest BCUT2D eigenvalue weighted by molar-refractivity contribution is 0.392. The fraction of sp³-hybridized carbons (Fsp3) is 0.562. The summed E-state index contributed by atoms with van der Waals surface area (Å²) in [5.74, 6) is 2.19. The van der Waals surface area contributed by atoms with Gasteiger partial charge in [0.15, 0.2) is 0 Å². The van der Waals surface area contributed by atoms with Crippen molar-refractivity contribution in [2.45, 2.75) is 53.9 Å². The molecule has 0 saturated heterocycles. The summed E-state index contributed by atoms with van der Waals surface area (Å²) in [6, 6.07) is 0. The second-order valence-electron chi connectivity index (χ2n) is 5.39. The third-order valence-corrected chi connectivity index (χ3v) is 3.13. The zero-order valence-corrected chi connectivity index (χ0v) is 12.4. The molecule has 2 heteroatoms. The fourth-order valence-corrected chi connectivity index (χ4v) is 2.22. The molecule has 1 aromatic heterocycles. The van der Waals surface area contributed by atoms with E-state index in [4.69, 9.17) is 4.52 Å². The Kier molecular flexibility index (Phi) is 5.39. The highest BCUT2D eigenvalue weighted by atomic mass is 16.5. The van der Waals surface area contributed by atoms with Gasteiger partial charge in [0.25, 0.3) is 0 Å². The average Bonchev–Trinajstić information content (AvgIpc) is 2.89. The molecule has 0 spiro atoms. The van der Waals surface area contributed by atoms with Crippen LogP contribution in [0.4, 0.5) is 0 Å². The topological polar surface area (TPSA) is 26.0 Å². The van der Waals surface area contributed by atoms with Crippen molar-refractivity contribution in [2.75, 3.05) is 0 Å². The van der Waals surface area contributed by atoms with Gasteiger partial charge < -0.3 is 4.52 Å². The van der Waals surface area contributed by atoms with Gasteiger partial charge in [0.05, 0.1) is 5.69 Å². The van der Waals surface area contributed by atoms with Crippen LogP contribution in [0.25, 0.3) is 0 Å². The summed E-state index contributed by atoms with van der Waals surface area (Å²) in [5.41, 5.74) is 3.76. The largest absolute Gasteiger partial charge is 0.361 e. The average molecular weight is 247 g/mol. The molecule has 1 aliphatic carbocycles. The monoisotopic (exact) mass is 247 g/mol. The van der Waals surface area contributed by atoms with E-state index in [1.54, 1.807) is 0 Å². The molecular weight excluding hydrogens is 222 g/mol. The van der Waals surface area contributed by atoms with Crippen LogP contribution < -0.4 is 0 Å². The molecule has 0 bridgehead atoms. The van der Waals surface area contributed by atoms with Crippen molar-refractivity contribution in [3.05, 3.63) is 40.8 Å². The molecule has 0 unspecified atom stereocenters. The Bertz CT molecular complexity index is 416. The maximum atomic E-state index is 5.01. The van der Waals surface area contributed by atoms with Crippen molar-refractivity contribution in [1.82, 2.24) is 5.16 Å². The van der Waals surface area contributed by atoms with Crippen LogP contribution in [0.2, 0.25) is 0 Å². The number of hydrogen-bond acceptors (Lipinski definition) is 2. The lowest BCUT2D eigenvalue weighted by atomic mass is 10.0. The minimum absolute atomic E-state index is 0.520. The number of nitrogens with zero attached hydrogens (tertiary/aromatic N) is 1. The Hall–Kier alpha value is -1.31. The Labute approximate surface area is 111 Å². The maximum absolute atomic E-state index is 5.01. The van der Waals surface area contributed by atoms with Crippen molar-refractivity contribution in [2.24, 2.45) is 5.92 Å². The first-order chi connectivity index (χ1) is 8.43. The number of rotatable bonds is 2. The molecule has 100 valence electrons. The van der Waals surface area contributed by atoms with E-state index in [0.29, 0.717) is 11.8 Å². The molecule has 0 radical (unpaired) electrons. The van der Waals surface area contributed by atoms with Gasteiger partial charge in [-0.2, -0.15) is 0 Å². The van der Waals surface area contributed by atoms with E-state index in [0.717, 1.165) is 17.9 Å². The van der Waals surface area contributed by atoms with Crippen molar-refractivity contribution < 1.29 is 4.52 Å². The summed E-state index contributed by atoms with van der Waals surface area (Å²) < 4.78 is 5.01. The molecule has 0 amide bonds. The van der Waals surface area contributed by atoms with Gasteiger partial charge in [-0.25, -0.2) is 0 Å². The summed E-state index contributed by atoms with van der Waals surface area (Å²) in [7, 11) is 0. The maximum Gasteiger partial charge on any atom is 0.137 e. The number of aryl methyl sites for hydroxylation is 2. The number of allylic oxidation sites excluding steroid dienone is 4. The van der Waals surface area contributed by atoms with Gasteiger partial charge in [-0.15, -0.1) is 0 Å². The third kappa shape index (κ3) is 3.86. The van der Waals surface area contributed by atoms with Gasteiger partial charge in [0, 0.05) is 5.56 Å². The van der Waals surface area contributed by atoms with Crippen LogP contribution in [-0.2, 0) is 0 Å². The Morgan fingerprint density at radius 1 is 1.11 bits per heavy atom. The summed E-state index contributed by atoms with van der Waals surface area (Å²) in [6.45, 7) is 12.7. The normalized spacial score (nSPS) is 13.9. The molecule has 1 aromatic rings. The molecule has 0 fully saturated rings. The Balaban J connectivity index is 0.000000184. The fourth-order valence-electron chi connectivity index (χ4n) is 2.22. The van der Waals surface area contributed by atoms with E-state index in [9.17, 15) is 0 Å². The second-order valence-corrected chi connectivity index (χ2v) is 5.39. The minimum Gasteiger partial charge on any atom is -0.361 e. The molecule has 0 aromatic carbocycles. The predicted molar refractivity (Wildman–Crippen MR) is 76.7 cm³/mol. The minimum atomic E-state index is 0.520. The zero-order valence-electron chi connectivity index (χ0n) is 12.4. The molecule has 1 aliphatic rings. The highest BCUT2D eigenvalue weighted by Gasteiger charge is 2.11. The first-order valence-electron chi connectivity index (χ1n) is 6.72. The smallest absolute Gasteiger partial charge is 0.137 e. The predicted octanol–water partition coefficient (Wildman–Crippen LogP) is 4.94. The first-order valence-corrected chi connectivity index (χ1v) is 6.72. The van der Waals surface area contributed by atoms with Gasteiger partial charge >= 0.3 is 0 Å². The SMILES string of the molecule is CC(C)C1=CCC=C1.Cc1noc(C)c1C(C)C. The highest BCUT2D eigenvalue weighted by molar-refractivity contribution is 5.27. The van der Waals surface area contributed by atoms with Crippen LogP contribution in [0.3, 0.4) is 0 Å².